The van der Waals surface area contributed by atoms with Crippen LogP contribution >= 0.6 is 0 Å². The number of anilines is 3. The van der Waals surface area contributed by atoms with Crippen LogP contribution in [-0.4, -0.2) is 60.6 Å². The Morgan fingerprint density at radius 3 is 2.03 bits per heavy atom. The minimum Gasteiger partial charge on any atom is -0.490 e. The first kappa shape index (κ1) is 21.1. The lowest BCUT2D eigenvalue weighted by Gasteiger charge is -2.20. The Morgan fingerprint density at radius 1 is 0.871 bits per heavy atom. The summed E-state index contributed by atoms with van der Waals surface area (Å²) in [6.45, 7) is 9.01. The predicted octanol–water partition coefficient (Wildman–Crippen LogP) is 3.32. The van der Waals surface area contributed by atoms with E-state index in [0.29, 0.717) is 24.9 Å². The van der Waals surface area contributed by atoms with Crippen LogP contribution in [0.4, 0.5) is 17.8 Å². The molecule has 2 aromatic rings. The third-order valence-electron chi connectivity index (χ3n) is 5.34. The Balaban J connectivity index is 1.51. The molecule has 2 aliphatic heterocycles. The smallest absolute Gasteiger partial charge is 0.250 e. The number of hydrazone groups is 1. The monoisotopic (exact) mass is 425 g/mol. The first-order valence-electron chi connectivity index (χ1n) is 11.2. The van der Waals surface area contributed by atoms with E-state index < -0.39 is 0 Å². The number of ether oxygens (including phenoxy) is 2. The fourth-order valence-corrected chi connectivity index (χ4v) is 3.83. The minimum atomic E-state index is 0.464. The molecule has 0 spiro atoms. The highest BCUT2D eigenvalue weighted by molar-refractivity contribution is 5.81. The van der Waals surface area contributed by atoms with Crippen LogP contribution in [0, 0.1) is 0 Å². The highest BCUT2D eigenvalue weighted by Crippen LogP contribution is 2.28. The third kappa shape index (κ3) is 5.34. The van der Waals surface area contributed by atoms with E-state index in [1.54, 1.807) is 6.21 Å². The van der Waals surface area contributed by atoms with Crippen molar-refractivity contribution in [3.63, 3.8) is 0 Å². The second-order valence-corrected chi connectivity index (χ2v) is 7.59. The zero-order chi connectivity index (χ0) is 21.5. The van der Waals surface area contributed by atoms with Crippen LogP contribution in [0.25, 0.3) is 0 Å². The lowest BCUT2D eigenvalue weighted by Crippen LogP contribution is -2.25. The molecule has 0 atom stereocenters. The molecule has 0 amide bonds. The quantitative estimate of drug-likeness (QED) is 0.484. The molecule has 1 aromatic carbocycles. The molecule has 1 N–H and O–H groups in total. The Hall–Kier alpha value is -3.10. The molecule has 0 aliphatic carbocycles. The van der Waals surface area contributed by atoms with Gasteiger partial charge in [0.25, 0.3) is 0 Å². The Labute approximate surface area is 183 Å². The summed E-state index contributed by atoms with van der Waals surface area (Å²) >= 11 is 0. The van der Waals surface area contributed by atoms with Gasteiger partial charge in [-0.1, -0.05) is 0 Å². The highest BCUT2D eigenvalue weighted by atomic mass is 16.5. The number of rotatable bonds is 9. The molecule has 0 saturated carbocycles. The molecule has 2 aliphatic rings. The highest BCUT2D eigenvalue weighted by Gasteiger charge is 2.21. The van der Waals surface area contributed by atoms with Crippen LogP contribution < -0.4 is 24.7 Å². The van der Waals surface area contributed by atoms with Crippen molar-refractivity contribution in [3.05, 3.63) is 23.8 Å². The van der Waals surface area contributed by atoms with E-state index >= 15 is 0 Å². The number of hydrogen-bond donors (Lipinski definition) is 1. The normalized spacial score (nSPS) is 16.3. The van der Waals surface area contributed by atoms with E-state index in [-0.39, 0.29) is 0 Å². The summed E-state index contributed by atoms with van der Waals surface area (Å²) in [6.07, 6.45) is 6.42. The van der Waals surface area contributed by atoms with Crippen LogP contribution in [-0.2, 0) is 0 Å². The van der Waals surface area contributed by atoms with E-state index in [1.807, 2.05) is 32.0 Å². The van der Waals surface area contributed by atoms with Crippen LogP contribution in [0.1, 0.15) is 45.1 Å². The van der Waals surface area contributed by atoms with Gasteiger partial charge in [0.1, 0.15) is 0 Å². The van der Waals surface area contributed by atoms with Crippen LogP contribution in [0.5, 0.6) is 11.5 Å². The van der Waals surface area contributed by atoms with Gasteiger partial charge in [0.2, 0.25) is 17.8 Å². The predicted molar refractivity (Wildman–Crippen MR) is 123 cm³/mol. The summed E-state index contributed by atoms with van der Waals surface area (Å²) in [4.78, 5) is 18.4. The molecule has 9 heteroatoms. The summed E-state index contributed by atoms with van der Waals surface area (Å²) < 4.78 is 11.3. The van der Waals surface area contributed by atoms with Crippen molar-refractivity contribution in [2.45, 2.75) is 39.5 Å². The maximum absolute atomic E-state index is 5.69. The molecular formula is C22H31N7O2. The number of nitrogens with one attached hydrogen (secondary N) is 1. The third-order valence-corrected chi connectivity index (χ3v) is 5.34. The van der Waals surface area contributed by atoms with Crippen molar-refractivity contribution in [1.82, 2.24) is 15.0 Å². The van der Waals surface area contributed by atoms with Gasteiger partial charge in [-0.15, -0.1) is 0 Å². The van der Waals surface area contributed by atoms with Crippen molar-refractivity contribution in [2.75, 3.05) is 54.6 Å². The van der Waals surface area contributed by atoms with Crippen molar-refractivity contribution >= 4 is 24.1 Å². The number of hydrogen-bond acceptors (Lipinski definition) is 9. The standard InChI is InChI=1S/C22H31N7O2/c1-3-30-18-10-9-17(15-19(18)31-4-2)16-23-27-20-24-21(28-11-5-6-12-28)26-22(25-20)29-13-7-8-14-29/h9-10,15-16H,3-8,11-14H2,1-2H3,(H,24,25,26,27). The van der Waals surface area contributed by atoms with Crippen LogP contribution in [0.15, 0.2) is 23.3 Å². The average molecular weight is 426 g/mol. The van der Waals surface area contributed by atoms with E-state index in [0.717, 1.165) is 49.4 Å². The van der Waals surface area contributed by atoms with Gasteiger partial charge in [-0.05, 0) is 63.3 Å². The maximum atomic E-state index is 5.69. The average Bonchev–Trinajstić information content (AvgIpc) is 3.50. The SMILES string of the molecule is CCOc1ccc(C=NNc2nc(N3CCCC3)nc(N3CCCC3)n2)cc1OCC. The molecule has 2 saturated heterocycles. The Morgan fingerprint density at radius 2 is 1.45 bits per heavy atom. The van der Waals surface area contributed by atoms with Crippen molar-refractivity contribution in [2.24, 2.45) is 5.10 Å². The molecule has 1 aromatic heterocycles. The van der Waals surface area contributed by atoms with Crippen molar-refractivity contribution < 1.29 is 9.47 Å². The summed E-state index contributed by atoms with van der Waals surface area (Å²) in [5, 5.41) is 4.36. The second kappa shape index (κ2) is 10.3. The molecule has 0 radical (unpaired) electrons. The fourth-order valence-electron chi connectivity index (χ4n) is 3.83. The van der Waals surface area contributed by atoms with Crippen LogP contribution in [0.2, 0.25) is 0 Å². The van der Waals surface area contributed by atoms with Crippen molar-refractivity contribution in [1.29, 1.82) is 0 Å². The number of nitrogens with zero attached hydrogens (tertiary/aromatic N) is 6. The molecule has 3 heterocycles. The lowest BCUT2D eigenvalue weighted by molar-refractivity contribution is 0.288. The summed E-state index contributed by atoms with van der Waals surface area (Å²) in [7, 11) is 0. The summed E-state index contributed by atoms with van der Waals surface area (Å²) in [5.74, 6) is 3.36. The van der Waals surface area contributed by atoms with E-state index in [4.69, 9.17) is 14.5 Å². The number of benzene rings is 1. The van der Waals surface area contributed by atoms with E-state index in [9.17, 15) is 0 Å². The van der Waals surface area contributed by atoms with Gasteiger partial charge in [-0.3, -0.25) is 0 Å². The fraction of sp³-hybridized carbons (Fsp3) is 0.545. The Bertz CT molecular complexity index is 859. The molecule has 0 bridgehead atoms. The second-order valence-electron chi connectivity index (χ2n) is 7.59. The van der Waals surface area contributed by atoms with Gasteiger partial charge in [0, 0.05) is 26.2 Å². The van der Waals surface area contributed by atoms with Gasteiger partial charge in [-0.25, -0.2) is 5.43 Å². The molecular weight excluding hydrogens is 394 g/mol. The molecule has 4 rings (SSSR count). The minimum absolute atomic E-state index is 0.464. The molecule has 9 nitrogen and oxygen atoms in total. The first-order valence-corrected chi connectivity index (χ1v) is 11.2. The zero-order valence-electron chi connectivity index (χ0n) is 18.4. The first-order chi connectivity index (χ1) is 15.3. The Kier molecular flexibility index (Phi) is 7.01. The summed E-state index contributed by atoms with van der Waals surface area (Å²) in [6, 6.07) is 5.76. The van der Waals surface area contributed by atoms with Gasteiger partial charge in [0.15, 0.2) is 11.5 Å². The van der Waals surface area contributed by atoms with Gasteiger partial charge in [0.05, 0.1) is 19.4 Å². The van der Waals surface area contributed by atoms with Gasteiger partial charge < -0.3 is 19.3 Å². The largest absolute Gasteiger partial charge is 0.490 e. The maximum Gasteiger partial charge on any atom is 0.250 e. The van der Waals surface area contributed by atoms with Gasteiger partial charge >= 0.3 is 0 Å². The zero-order valence-corrected chi connectivity index (χ0v) is 18.4. The summed E-state index contributed by atoms with van der Waals surface area (Å²) in [5.41, 5.74) is 3.89. The lowest BCUT2D eigenvalue weighted by atomic mass is 10.2. The molecule has 2 fully saturated rings. The van der Waals surface area contributed by atoms with E-state index in [2.05, 4.69) is 30.3 Å². The van der Waals surface area contributed by atoms with E-state index in [1.165, 1.54) is 25.7 Å². The molecule has 0 unspecified atom stereocenters. The van der Waals surface area contributed by atoms with Gasteiger partial charge in [-0.2, -0.15) is 20.1 Å². The van der Waals surface area contributed by atoms with Crippen LogP contribution in [0.3, 0.4) is 0 Å². The number of aromatic nitrogens is 3. The van der Waals surface area contributed by atoms with Crippen molar-refractivity contribution in [3.8, 4) is 11.5 Å². The topological polar surface area (TPSA) is 88.0 Å². The molecule has 31 heavy (non-hydrogen) atoms. The molecule has 166 valence electrons.